The number of carbonyl (C=O) groups excluding carboxylic acids is 1. The van der Waals surface area contributed by atoms with Crippen LogP contribution in [0.3, 0.4) is 0 Å². The molecule has 110 valence electrons. The molecule has 0 aromatic heterocycles. The smallest absolute Gasteiger partial charge is 0.273 e. The van der Waals surface area contributed by atoms with E-state index in [9.17, 15) is 19.3 Å². The summed E-state index contributed by atoms with van der Waals surface area (Å²) in [6.07, 6.45) is 1.62. The first-order valence-corrected chi connectivity index (χ1v) is 5.97. The molecule has 20 heavy (non-hydrogen) atoms. The molecule has 1 aromatic carbocycles. The molecule has 1 aliphatic heterocycles. The zero-order valence-electron chi connectivity index (χ0n) is 10.6. The Morgan fingerprint density at radius 2 is 2.15 bits per heavy atom. The van der Waals surface area contributed by atoms with Gasteiger partial charge in [-0.1, -0.05) is 0 Å². The number of halogens is 2. The molecule has 0 unspecified atom stereocenters. The van der Waals surface area contributed by atoms with Crippen LogP contribution in [-0.2, 0) is 0 Å². The fourth-order valence-electron chi connectivity index (χ4n) is 2.18. The number of likely N-dealkylation sites (tertiary alicyclic amines) is 1. The molecule has 1 saturated heterocycles. The van der Waals surface area contributed by atoms with Crippen LogP contribution in [0, 0.1) is 15.9 Å². The summed E-state index contributed by atoms with van der Waals surface area (Å²) in [5.74, 6) is -1.21. The molecule has 0 bridgehead atoms. The normalized spacial score (nSPS) is 18.3. The Bertz CT molecular complexity index is 527. The van der Waals surface area contributed by atoms with Crippen molar-refractivity contribution < 1.29 is 14.1 Å². The van der Waals surface area contributed by atoms with Crippen molar-refractivity contribution in [3.05, 3.63) is 39.7 Å². The van der Waals surface area contributed by atoms with E-state index in [4.69, 9.17) is 5.73 Å². The van der Waals surface area contributed by atoms with E-state index in [0.29, 0.717) is 13.1 Å². The number of piperidine rings is 1. The van der Waals surface area contributed by atoms with Crippen molar-refractivity contribution in [1.29, 1.82) is 0 Å². The molecule has 1 heterocycles. The van der Waals surface area contributed by atoms with E-state index in [1.165, 1.54) is 4.90 Å². The average molecular weight is 304 g/mol. The Labute approximate surface area is 121 Å². The van der Waals surface area contributed by atoms with Gasteiger partial charge in [0.1, 0.15) is 5.82 Å². The summed E-state index contributed by atoms with van der Waals surface area (Å²) in [6, 6.07) is 2.79. The number of nitro groups is 1. The quantitative estimate of drug-likeness (QED) is 0.665. The van der Waals surface area contributed by atoms with Gasteiger partial charge in [0.05, 0.1) is 11.0 Å². The molecule has 2 rings (SSSR count). The van der Waals surface area contributed by atoms with Crippen molar-refractivity contribution in [3.63, 3.8) is 0 Å². The van der Waals surface area contributed by atoms with Gasteiger partial charge >= 0.3 is 0 Å². The molecule has 0 spiro atoms. The third kappa shape index (κ3) is 3.64. The molecule has 0 aliphatic carbocycles. The lowest BCUT2D eigenvalue weighted by molar-refractivity contribution is -0.385. The SMILES string of the molecule is Cl.N[C@@H]1CCCN(C(=O)c2cc(F)cc([N+](=O)[O-])c2)C1. The molecule has 1 atom stereocenters. The van der Waals surface area contributed by atoms with Crippen LogP contribution >= 0.6 is 12.4 Å². The van der Waals surface area contributed by atoms with Gasteiger partial charge in [0.15, 0.2) is 0 Å². The van der Waals surface area contributed by atoms with E-state index in [2.05, 4.69) is 0 Å². The van der Waals surface area contributed by atoms with Gasteiger partial charge in [0.25, 0.3) is 11.6 Å². The van der Waals surface area contributed by atoms with Gasteiger partial charge in [-0.15, -0.1) is 12.4 Å². The molecule has 0 radical (unpaired) electrons. The third-order valence-corrected chi connectivity index (χ3v) is 3.09. The maximum absolute atomic E-state index is 13.3. The average Bonchev–Trinajstić information content (AvgIpc) is 2.37. The number of nitro benzene ring substituents is 1. The zero-order valence-corrected chi connectivity index (χ0v) is 11.4. The van der Waals surface area contributed by atoms with Gasteiger partial charge < -0.3 is 10.6 Å². The second-order valence-corrected chi connectivity index (χ2v) is 4.61. The lowest BCUT2D eigenvalue weighted by atomic mass is 10.1. The summed E-state index contributed by atoms with van der Waals surface area (Å²) < 4.78 is 13.3. The Kier molecular flexibility index (Phi) is 5.41. The summed E-state index contributed by atoms with van der Waals surface area (Å²) in [5, 5.41) is 10.7. The van der Waals surface area contributed by atoms with Crippen LogP contribution in [0.4, 0.5) is 10.1 Å². The van der Waals surface area contributed by atoms with Gasteiger partial charge in [-0.05, 0) is 18.9 Å². The summed E-state index contributed by atoms with van der Waals surface area (Å²) in [7, 11) is 0. The number of benzene rings is 1. The van der Waals surface area contributed by atoms with Crippen molar-refractivity contribution in [2.75, 3.05) is 13.1 Å². The highest BCUT2D eigenvalue weighted by molar-refractivity contribution is 5.95. The lowest BCUT2D eigenvalue weighted by Gasteiger charge is -2.30. The van der Waals surface area contributed by atoms with Crippen molar-refractivity contribution >= 4 is 24.0 Å². The highest BCUT2D eigenvalue weighted by atomic mass is 35.5. The summed E-state index contributed by atoms with van der Waals surface area (Å²) in [6.45, 7) is 0.931. The molecular formula is C12H15ClFN3O3. The van der Waals surface area contributed by atoms with Crippen LogP contribution in [0.15, 0.2) is 18.2 Å². The number of nitrogens with two attached hydrogens (primary N) is 1. The molecule has 1 aliphatic rings. The van der Waals surface area contributed by atoms with E-state index in [1.807, 2.05) is 0 Å². The number of nitrogens with zero attached hydrogens (tertiary/aromatic N) is 2. The standard InChI is InChI=1S/C12H14FN3O3.ClH/c13-9-4-8(5-11(6-9)16(18)19)12(17)15-3-1-2-10(14)7-15;/h4-6,10H,1-3,7,14H2;1H/t10-;/m1./s1. The Morgan fingerprint density at radius 3 is 2.75 bits per heavy atom. The molecule has 1 fully saturated rings. The lowest BCUT2D eigenvalue weighted by Crippen LogP contribution is -2.45. The minimum atomic E-state index is -0.793. The van der Waals surface area contributed by atoms with E-state index in [0.717, 1.165) is 31.0 Å². The first-order chi connectivity index (χ1) is 8.97. The number of amides is 1. The minimum absolute atomic E-state index is 0. The van der Waals surface area contributed by atoms with Gasteiger partial charge in [-0.3, -0.25) is 14.9 Å². The Balaban J connectivity index is 0.00000200. The van der Waals surface area contributed by atoms with Crippen molar-refractivity contribution in [1.82, 2.24) is 4.90 Å². The molecule has 8 heteroatoms. The number of non-ortho nitro benzene ring substituents is 1. The van der Waals surface area contributed by atoms with Crippen LogP contribution in [0.25, 0.3) is 0 Å². The van der Waals surface area contributed by atoms with Gasteiger partial charge in [-0.25, -0.2) is 4.39 Å². The topological polar surface area (TPSA) is 89.5 Å². The van der Waals surface area contributed by atoms with E-state index in [1.54, 1.807) is 0 Å². The summed E-state index contributed by atoms with van der Waals surface area (Å²) in [5.41, 5.74) is 5.33. The summed E-state index contributed by atoms with van der Waals surface area (Å²) in [4.78, 5) is 23.6. The van der Waals surface area contributed by atoms with Crippen LogP contribution < -0.4 is 5.73 Å². The summed E-state index contributed by atoms with van der Waals surface area (Å²) >= 11 is 0. The molecule has 6 nitrogen and oxygen atoms in total. The molecule has 1 amide bonds. The number of carbonyl (C=O) groups is 1. The molecular weight excluding hydrogens is 289 g/mol. The van der Waals surface area contributed by atoms with Crippen LogP contribution in [0.5, 0.6) is 0 Å². The second-order valence-electron chi connectivity index (χ2n) is 4.61. The monoisotopic (exact) mass is 303 g/mol. The zero-order chi connectivity index (χ0) is 14.0. The maximum atomic E-state index is 13.3. The van der Waals surface area contributed by atoms with Crippen molar-refractivity contribution in [2.45, 2.75) is 18.9 Å². The van der Waals surface area contributed by atoms with Gasteiger partial charge in [-0.2, -0.15) is 0 Å². The highest BCUT2D eigenvalue weighted by Crippen LogP contribution is 2.19. The Morgan fingerprint density at radius 1 is 1.45 bits per heavy atom. The number of hydrogen-bond acceptors (Lipinski definition) is 4. The van der Waals surface area contributed by atoms with Gasteiger partial charge in [0, 0.05) is 30.8 Å². The first-order valence-electron chi connectivity index (χ1n) is 5.97. The van der Waals surface area contributed by atoms with E-state index >= 15 is 0 Å². The maximum Gasteiger partial charge on any atom is 0.273 e. The fourth-order valence-corrected chi connectivity index (χ4v) is 2.18. The predicted molar refractivity (Wildman–Crippen MR) is 73.4 cm³/mol. The highest BCUT2D eigenvalue weighted by Gasteiger charge is 2.24. The first kappa shape index (κ1) is 16.3. The second kappa shape index (κ2) is 6.62. The molecule has 2 N–H and O–H groups in total. The van der Waals surface area contributed by atoms with Crippen LogP contribution in [0.2, 0.25) is 0 Å². The minimum Gasteiger partial charge on any atom is -0.337 e. The fraction of sp³-hybridized carbons (Fsp3) is 0.417. The number of rotatable bonds is 2. The van der Waals surface area contributed by atoms with Crippen LogP contribution in [0.1, 0.15) is 23.2 Å². The van der Waals surface area contributed by atoms with Crippen LogP contribution in [-0.4, -0.2) is 34.9 Å². The molecule has 1 aromatic rings. The third-order valence-electron chi connectivity index (χ3n) is 3.09. The van der Waals surface area contributed by atoms with E-state index in [-0.39, 0.29) is 24.0 Å². The predicted octanol–water partition coefficient (Wildman–Crippen LogP) is 1.72. The Hall–Kier alpha value is -1.73. The van der Waals surface area contributed by atoms with Crippen molar-refractivity contribution in [3.8, 4) is 0 Å². The van der Waals surface area contributed by atoms with Crippen molar-refractivity contribution in [2.24, 2.45) is 5.73 Å². The van der Waals surface area contributed by atoms with Gasteiger partial charge in [0.2, 0.25) is 0 Å². The molecule has 0 saturated carbocycles. The number of hydrogen-bond donors (Lipinski definition) is 1. The van der Waals surface area contributed by atoms with E-state index < -0.39 is 22.3 Å². The largest absolute Gasteiger partial charge is 0.337 e.